The molecule has 0 unspecified atom stereocenters. The van der Waals surface area contributed by atoms with Crippen molar-refractivity contribution in [3.8, 4) is 5.75 Å². The van der Waals surface area contributed by atoms with Gasteiger partial charge in [0, 0.05) is 25.2 Å². The van der Waals surface area contributed by atoms with Crippen LogP contribution in [0.3, 0.4) is 0 Å². The van der Waals surface area contributed by atoms with Crippen molar-refractivity contribution in [3.05, 3.63) is 22.2 Å². The van der Waals surface area contributed by atoms with Crippen molar-refractivity contribution in [3.63, 3.8) is 0 Å². The molecule has 27 heavy (non-hydrogen) atoms. The number of hydrogen-bond acceptors (Lipinski definition) is 6. The van der Waals surface area contributed by atoms with E-state index in [0.29, 0.717) is 25.9 Å². The average Bonchev–Trinajstić information content (AvgIpc) is 2.51. The highest BCUT2D eigenvalue weighted by molar-refractivity contribution is 7.89. The Morgan fingerprint density at radius 2 is 1.81 bits per heavy atom. The van der Waals surface area contributed by atoms with Crippen molar-refractivity contribution >= 4 is 49.2 Å². The number of piperidine rings is 1. The summed E-state index contributed by atoms with van der Waals surface area (Å²) in [4.78, 5) is 13.4. The first-order valence-corrected chi connectivity index (χ1v) is 12.0. The first-order valence-electron chi connectivity index (χ1n) is 7.76. The van der Waals surface area contributed by atoms with Gasteiger partial charge in [-0.05, 0) is 18.9 Å². The van der Waals surface area contributed by atoms with E-state index in [2.05, 4.69) is 4.72 Å². The molecule has 0 spiro atoms. The van der Waals surface area contributed by atoms with Gasteiger partial charge < -0.3 is 9.64 Å². The number of likely N-dealkylation sites (tertiary alicyclic amines) is 1. The van der Waals surface area contributed by atoms with Gasteiger partial charge in [0.2, 0.25) is 20.0 Å². The molecule has 0 bridgehead atoms. The molecule has 1 aromatic rings. The lowest BCUT2D eigenvalue weighted by Crippen LogP contribution is -2.47. The average molecular weight is 460 g/mol. The van der Waals surface area contributed by atoms with Crippen molar-refractivity contribution < 1.29 is 26.4 Å². The van der Waals surface area contributed by atoms with Gasteiger partial charge in [-0.3, -0.25) is 4.79 Å². The zero-order valence-corrected chi connectivity index (χ0v) is 17.5. The monoisotopic (exact) mass is 459 g/mol. The van der Waals surface area contributed by atoms with Gasteiger partial charge in [-0.2, -0.15) is 0 Å². The third kappa shape index (κ3) is 6.47. The lowest BCUT2D eigenvalue weighted by Gasteiger charge is -2.32. The van der Waals surface area contributed by atoms with Crippen LogP contribution in [0.25, 0.3) is 0 Å². The van der Waals surface area contributed by atoms with Crippen LogP contribution < -0.4 is 14.6 Å². The van der Waals surface area contributed by atoms with Crippen LogP contribution in [0.1, 0.15) is 12.8 Å². The molecular weight excluding hydrogens is 441 g/mol. The van der Waals surface area contributed by atoms with E-state index < -0.39 is 20.0 Å². The smallest absolute Gasteiger partial charge is 0.260 e. The summed E-state index contributed by atoms with van der Waals surface area (Å²) in [5, 5.41) is 4.96. The molecule has 0 aromatic heterocycles. The molecule has 1 heterocycles. The molecule has 1 aliphatic heterocycles. The molecule has 3 N–H and O–H groups in total. The second kappa shape index (κ2) is 8.50. The molecule has 0 aliphatic carbocycles. The Kier molecular flexibility index (Phi) is 6.98. The first-order chi connectivity index (χ1) is 12.4. The maximum absolute atomic E-state index is 12.3. The summed E-state index contributed by atoms with van der Waals surface area (Å²) in [6, 6.07) is 2.02. The standard InChI is InChI=1S/C14H19Cl2N3O6S2/c1-26(21,22)18-9-2-4-19(5-3-9)14(20)8-25-12-7-13(27(17,23)24)11(16)6-10(12)15/h6-7,9,18H,2-5,8H2,1H3,(H2,17,23,24). The summed E-state index contributed by atoms with van der Waals surface area (Å²) in [6.45, 7) is 0.369. The molecule has 1 amide bonds. The summed E-state index contributed by atoms with van der Waals surface area (Å²) in [5.74, 6) is -0.372. The number of sulfonamides is 2. The van der Waals surface area contributed by atoms with Crippen LogP contribution in [-0.4, -0.2) is 59.6 Å². The number of benzene rings is 1. The van der Waals surface area contributed by atoms with Crippen LogP contribution in [0, 0.1) is 0 Å². The third-order valence-corrected chi connectivity index (χ3v) is 6.30. The number of hydrogen-bond donors (Lipinski definition) is 2. The topological polar surface area (TPSA) is 136 Å². The van der Waals surface area contributed by atoms with Crippen LogP contribution in [0.5, 0.6) is 5.75 Å². The molecule has 2 rings (SSSR count). The maximum atomic E-state index is 12.3. The summed E-state index contributed by atoms with van der Waals surface area (Å²) in [7, 11) is -7.37. The number of amides is 1. The number of nitrogens with one attached hydrogen (secondary N) is 1. The Morgan fingerprint density at radius 1 is 1.22 bits per heavy atom. The molecule has 1 aliphatic rings. The van der Waals surface area contributed by atoms with Gasteiger partial charge in [0.25, 0.3) is 5.91 Å². The fraction of sp³-hybridized carbons (Fsp3) is 0.500. The largest absolute Gasteiger partial charge is 0.482 e. The number of nitrogens with two attached hydrogens (primary N) is 1. The zero-order chi connectivity index (χ0) is 20.4. The Labute approximate surface area is 167 Å². The lowest BCUT2D eigenvalue weighted by atomic mass is 10.1. The normalized spacial score (nSPS) is 16.4. The van der Waals surface area contributed by atoms with E-state index in [4.69, 9.17) is 33.1 Å². The second-order valence-corrected chi connectivity index (χ2v) is 10.2. The fourth-order valence-corrected chi connectivity index (χ4v) is 4.82. The summed E-state index contributed by atoms with van der Waals surface area (Å²) in [6.07, 6.45) is 2.05. The van der Waals surface area contributed by atoms with E-state index in [1.165, 1.54) is 11.0 Å². The first kappa shape index (κ1) is 22.2. The molecular formula is C14H19Cl2N3O6S2. The Balaban J connectivity index is 1.97. The summed E-state index contributed by atoms with van der Waals surface area (Å²) in [5.41, 5.74) is 0. The van der Waals surface area contributed by atoms with E-state index in [9.17, 15) is 21.6 Å². The van der Waals surface area contributed by atoms with Crippen LogP contribution in [0.2, 0.25) is 10.0 Å². The molecule has 13 heteroatoms. The zero-order valence-electron chi connectivity index (χ0n) is 14.3. The van der Waals surface area contributed by atoms with Crippen LogP contribution in [0.4, 0.5) is 0 Å². The Bertz CT molecular complexity index is 928. The van der Waals surface area contributed by atoms with Crippen LogP contribution >= 0.6 is 23.2 Å². The minimum atomic E-state index is -4.07. The fourth-order valence-electron chi connectivity index (χ4n) is 2.62. The molecule has 1 fully saturated rings. The minimum Gasteiger partial charge on any atom is -0.482 e. The SMILES string of the molecule is CS(=O)(=O)NC1CCN(C(=O)COc2cc(S(N)(=O)=O)c(Cl)cc2Cl)CC1. The van der Waals surface area contributed by atoms with E-state index in [1.807, 2.05) is 0 Å². The number of halogens is 2. The van der Waals surface area contributed by atoms with Gasteiger partial charge in [0.05, 0.1) is 16.3 Å². The van der Waals surface area contributed by atoms with Gasteiger partial charge >= 0.3 is 0 Å². The molecule has 152 valence electrons. The van der Waals surface area contributed by atoms with Gasteiger partial charge in [-0.1, -0.05) is 23.2 Å². The molecule has 1 saturated heterocycles. The van der Waals surface area contributed by atoms with Crippen molar-refractivity contribution in [2.75, 3.05) is 26.0 Å². The Hall–Kier alpha value is -1.11. The van der Waals surface area contributed by atoms with E-state index >= 15 is 0 Å². The number of nitrogens with zero attached hydrogens (tertiary/aromatic N) is 1. The molecule has 0 saturated carbocycles. The highest BCUT2D eigenvalue weighted by Crippen LogP contribution is 2.33. The van der Waals surface area contributed by atoms with Crippen molar-refractivity contribution in [2.24, 2.45) is 5.14 Å². The van der Waals surface area contributed by atoms with Crippen LogP contribution in [-0.2, 0) is 24.8 Å². The van der Waals surface area contributed by atoms with Crippen LogP contribution in [0.15, 0.2) is 17.0 Å². The highest BCUT2D eigenvalue weighted by atomic mass is 35.5. The molecule has 9 nitrogen and oxygen atoms in total. The number of primary sulfonamides is 1. The number of carbonyl (C=O) groups is 1. The van der Waals surface area contributed by atoms with Gasteiger partial charge in [0.15, 0.2) is 6.61 Å². The third-order valence-electron chi connectivity index (χ3n) is 3.87. The maximum Gasteiger partial charge on any atom is 0.260 e. The van der Waals surface area contributed by atoms with E-state index in [0.717, 1.165) is 12.3 Å². The molecule has 0 radical (unpaired) electrons. The van der Waals surface area contributed by atoms with E-state index in [1.54, 1.807) is 0 Å². The highest BCUT2D eigenvalue weighted by Gasteiger charge is 2.25. The Morgan fingerprint density at radius 3 is 2.33 bits per heavy atom. The minimum absolute atomic E-state index is 0.0351. The number of ether oxygens (including phenoxy) is 1. The number of rotatable bonds is 6. The van der Waals surface area contributed by atoms with Gasteiger partial charge in [-0.25, -0.2) is 26.7 Å². The van der Waals surface area contributed by atoms with Crippen molar-refractivity contribution in [1.29, 1.82) is 0 Å². The van der Waals surface area contributed by atoms with Crippen molar-refractivity contribution in [1.82, 2.24) is 9.62 Å². The summed E-state index contributed by atoms with van der Waals surface area (Å²) >= 11 is 11.8. The molecule has 1 aromatic carbocycles. The van der Waals surface area contributed by atoms with Gasteiger partial charge in [-0.15, -0.1) is 0 Å². The van der Waals surface area contributed by atoms with Gasteiger partial charge in [0.1, 0.15) is 10.6 Å². The summed E-state index contributed by atoms with van der Waals surface area (Å²) < 4.78 is 53.3. The van der Waals surface area contributed by atoms with E-state index in [-0.39, 0.29) is 39.2 Å². The molecule has 0 atom stereocenters. The number of carbonyl (C=O) groups excluding carboxylic acids is 1. The second-order valence-electron chi connectivity index (χ2n) is 6.09. The lowest BCUT2D eigenvalue weighted by molar-refractivity contribution is -0.134. The predicted octanol–water partition coefficient (Wildman–Crippen LogP) is 0.560. The quantitative estimate of drug-likeness (QED) is 0.637. The predicted molar refractivity (Wildman–Crippen MR) is 101 cm³/mol. The van der Waals surface area contributed by atoms with Crippen molar-refractivity contribution in [2.45, 2.75) is 23.8 Å².